The first-order valence-electron chi connectivity index (χ1n) is 6.22. The molecule has 1 amide bonds. The number of phenolic OH excluding ortho intramolecular Hbond substituents is 1. The number of nitrogens with one attached hydrogen (secondary N) is 1. The average molecular weight is 267 g/mol. The van der Waals surface area contributed by atoms with E-state index in [0.29, 0.717) is 11.3 Å². The highest BCUT2D eigenvalue weighted by molar-refractivity contribution is 6.04. The van der Waals surface area contributed by atoms with E-state index in [1.165, 1.54) is 12.1 Å². The Morgan fingerprint density at radius 3 is 2.60 bits per heavy atom. The molecule has 0 spiro atoms. The predicted octanol–water partition coefficient (Wildman–Crippen LogP) is 3.70. The maximum absolute atomic E-state index is 12.1. The van der Waals surface area contributed by atoms with Gasteiger partial charge in [0, 0.05) is 11.1 Å². The number of carbonyl (C=O) groups excluding carboxylic acids is 1. The first kappa shape index (κ1) is 12.3. The SMILES string of the molecule is Cc1ccc2cc(C(=O)Nc3ccc(O)cc3)oc2c1. The number of aryl methyl sites for hydroxylation is 1. The van der Waals surface area contributed by atoms with Gasteiger partial charge >= 0.3 is 0 Å². The Balaban J connectivity index is 1.86. The monoisotopic (exact) mass is 267 g/mol. The van der Waals surface area contributed by atoms with Crippen LogP contribution in [0.4, 0.5) is 5.69 Å². The number of hydrogen-bond donors (Lipinski definition) is 2. The molecule has 0 aliphatic carbocycles. The van der Waals surface area contributed by atoms with Gasteiger partial charge in [-0.1, -0.05) is 12.1 Å². The third kappa shape index (κ3) is 2.36. The van der Waals surface area contributed by atoms with Crippen molar-refractivity contribution in [3.8, 4) is 5.75 Å². The number of benzene rings is 2. The Morgan fingerprint density at radius 1 is 1.10 bits per heavy atom. The lowest BCUT2D eigenvalue weighted by Gasteiger charge is -2.02. The van der Waals surface area contributed by atoms with Crippen molar-refractivity contribution in [3.63, 3.8) is 0 Å². The summed E-state index contributed by atoms with van der Waals surface area (Å²) in [5, 5.41) is 12.8. The maximum atomic E-state index is 12.1. The Kier molecular flexibility index (Phi) is 2.91. The summed E-state index contributed by atoms with van der Waals surface area (Å²) in [5.74, 6) is 0.102. The lowest BCUT2D eigenvalue weighted by molar-refractivity contribution is 0.0998. The normalized spacial score (nSPS) is 10.7. The molecular formula is C16H13NO3. The molecule has 4 nitrogen and oxygen atoms in total. The zero-order valence-corrected chi connectivity index (χ0v) is 10.9. The van der Waals surface area contributed by atoms with Crippen molar-refractivity contribution >= 4 is 22.6 Å². The van der Waals surface area contributed by atoms with E-state index in [1.807, 2.05) is 25.1 Å². The summed E-state index contributed by atoms with van der Waals surface area (Å²) >= 11 is 0. The van der Waals surface area contributed by atoms with Crippen molar-refractivity contribution in [2.75, 3.05) is 5.32 Å². The van der Waals surface area contributed by atoms with Gasteiger partial charge in [-0.2, -0.15) is 0 Å². The summed E-state index contributed by atoms with van der Waals surface area (Å²) in [5.41, 5.74) is 2.38. The van der Waals surface area contributed by atoms with Crippen LogP contribution in [-0.4, -0.2) is 11.0 Å². The maximum Gasteiger partial charge on any atom is 0.291 e. The Morgan fingerprint density at radius 2 is 1.85 bits per heavy atom. The molecule has 0 saturated carbocycles. The minimum absolute atomic E-state index is 0.155. The van der Waals surface area contributed by atoms with Gasteiger partial charge in [-0.25, -0.2) is 0 Å². The van der Waals surface area contributed by atoms with E-state index in [0.717, 1.165) is 10.9 Å². The molecule has 0 saturated heterocycles. The highest BCUT2D eigenvalue weighted by Gasteiger charge is 2.12. The lowest BCUT2D eigenvalue weighted by atomic mass is 10.2. The van der Waals surface area contributed by atoms with Crippen LogP contribution in [0.1, 0.15) is 16.1 Å². The van der Waals surface area contributed by atoms with Crippen molar-refractivity contribution in [3.05, 3.63) is 59.9 Å². The molecule has 2 N–H and O–H groups in total. The first-order chi connectivity index (χ1) is 9.61. The highest BCUT2D eigenvalue weighted by atomic mass is 16.3. The second-order valence-electron chi connectivity index (χ2n) is 4.65. The summed E-state index contributed by atoms with van der Waals surface area (Å²) in [6, 6.07) is 13.8. The van der Waals surface area contributed by atoms with Gasteiger partial charge in [-0.15, -0.1) is 0 Å². The van der Waals surface area contributed by atoms with E-state index in [4.69, 9.17) is 4.42 Å². The summed E-state index contributed by atoms with van der Waals surface area (Å²) in [4.78, 5) is 12.1. The Bertz CT molecular complexity index is 772. The summed E-state index contributed by atoms with van der Waals surface area (Å²) in [7, 11) is 0. The Hall–Kier alpha value is -2.75. The standard InChI is InChI=1S/C16H13NO3/c1-10-2-3-11-9-15(20-14(11)8-10)16(19)17-12-4-6-13(18)7-5-12/h2-9,18H,1H3,(H,17,19). The quantitative estimate of drug-likeness (QED) is 0.696. The van der Waals surface area contributed by atoms with Crippen LogP contribution in [0.15, 0.2) is 52.9 Å². The van der Waals surface area contributed by atoms with Crippen LogP contribution in [0.3, 0.4) is 0 Å². The number of amides is 1. The third-order valence-corrected chi connectivity index (χ3v) is 3.02. The molecule has 4 heteroatoms. The fraction of sp³-hybridized carbons (Fsp3) is 0.0625. The summed E-state index contributed by atoms with van der Waals surface area (Å²) < 4.78 is 5.55. The molecule has 1 heterocycles. The molecule has 0 unspecified atom stereocenters. The van der Waals surface area contributed by atoms with Gasteiger partial charge in [0.05, 0.1) is 0 Å². The molecule has 0 fully saturated rings. The molecule has 0 aliphatic rings. The van der Waals surface area contributed by atoms with Crippen LogP contribution in [-0.2, 0) is 0 Å². The van der Waals surface area contributed by atoms with E-state index in [1.54, 1.807) is 18.2 Å². The van der Waals surface area contributed by atoms with E-state index in [2.05, 4.69) is 5.32 Å². The van der Waals surface area contributed by atoms with Crippen LogP contribution in [0, 0.1) is 6.92 Å². The molecule has 3 aromatic rings. The van der Waals surface area contributed by atoms with Crippen molar-refractivity contribution in [1.29, 1.82) is 0 Å². The van der Waals surface area contributed by atoms with Crippen molar-refractivity contribution in [2.45, 2.75) is 6.92 Å². The van der Waals surface area contributed by atoms with Crippen molar-refractivity contribution in [2.24, 2.45) is 0 Å². The van der Waals surface area contributed by atoms with Gasteiger partial charge in [-0.3, -0.25) is 4.79 Å². The van der Waals surface area contributed by atoms with Crippen LogP contribution in [0.2, 0.25) is 0 Å². The molecule has 20 heavy (non-hydrogen) atoms. The van der Waals surface area contributed by atoms with Crippen LogP contribution in [0.25, 0.3) is 11.0 Å². The smallest absolute Gasteiger partial charge is 0.291 e. The first-order valence-corrected chi connectivity index (χ1v) is 6.22. The number of rotatable bonds is 2. The van der Waals surface area contributed by atoms with Gasteiger partial charge < -0.3 is 14.8 Å². The van der Waals surface area contributed by atoms with E-state index >= 15 is 0 Å². The zero-order valence-electron chi connectivity index (χ0n) is 10.9. The van der Waals surface area contributed by atoms with Crippen molar-refractivity contribution in [1.82, 2.24) is 0 Å². The van der Waals surface area contributed by atoms with Gasteiger partial charge in [0.15, 0.2) is 5.76 Å². The summed E-state index contributed by atoms with van der Waals surface area (Å²) in [6.07, 6.45) is 0. The molecule has 3 rings (SSSR count). The molecule has 0 atom stereocenters. The van der Waals surface area contributed by atoms with Crippen LogP contribution in [0.5, 0.6) is 5.75 Å². The molecule has 100 valence electrons. The minimum atomic E-state index is -0.315. The molecule has 0 radical (unpaired) electrons. The number of carbonyl (C=O) groups is 1. The van der Waals surface area contributed by atoms with Crippen LogP contribution >= 0.6 is 0 Å². The molecule has 0 bridgehead atoms. The van der Waals surface area contributed by atoms with Crippen molar-refractivity contribution < 1.29 is 14.3 Å². The third-order valence-electron chi connectivity index (χ3n) is 3.02. The number of furan rings is 1. The number of phenols is 1. The number of hydrogen-bond acceptors (Lipinski definition) is 3. The fourth-order valence-electron chi connectivity index (χ4n) is 1.99. The minimum Gasteiger partial charge on any atom is -0.508 e. The molecule has 2 aromatic carbocycles. The number of aromatic hydroxyl groups is 1. The number of anilines is 1. The highest BCUT2D eigenvalue weighted by Crippen LogP contribution is 2.22. The molecule has 1 aromatic heterocycles. The molecule has 0 aliphatic heterocycles. The van der Waals surface area contributed by atoms with Gasteiger partial charge in [0.1, 0.15) is 11.3 Å². The largest absolute Gasteiger partial charge is 0.508 e. The fourth-order valence-corrected chi connectivity index (χ4v) is 1.99. The summed E-state index contributed by atoms with van der Waals surface area (Å²) in [6.45, 7) is 1.97. The van der Waals surface area contributed by atoms with E-state index in [-0.39, 0.29) is 17.4 Å². The van der Waals surface area contributed by atoms with Gasteiger partial charge in [-0.05, 0) is 48.9 Å². The lowest BCUT2D eigenvalue weighted by Crippen LogP contribution is -2.10. The topological polar surface area (TPSA) is 62.5 Å². The molecular weight excluding hydrogens is 254 g/mol. The second kappa shape index (κ2) is 4.74. The van der Waals surface area contributed by atoms with E-state index < -0.39 is 0 Å². The number of fused-ring (bicyclic) bond motifs is 1. The second-order valence-corrected chi connectivity index (χ2v) is 4.65. The van der Waals surface area contributed by atoms with E-state index in [9.17, 15) is 9.90 Å². The Labute approximate surface area is 115 Å². The van der Waals surface area contributed by atoms with Crippen LogP contribution < -0.4 is 5.32 Å². The average Bonchev–Trinajstić information content (AvgIpc) is 2.84. The zero-order chi connectivity index (χ0) is 14.1. The predicted molar refractivity (Wildman–Crippen MR) is 77.0 cm³/mol. The van der Waals surface area contributed by atoms with Gasteiger partial charge in [0.25, 0.3) is 5.91 Å². The van der Waals surface area contributed by atoms with Gasteiger partial charge in [0.2, 0.25) is 0 Å².